The molecule has 0 spiro atoms. The van der Waals surface area contributed by atoms with Gasteiger partial charge in [-0.1, -0.05) is 12.1 Å². The summed E-state index contributed by atoms with van der Waals surface area (Å²) in [6.07, 6.45) is 0. The Hall–Kier alpha value is -3.51. The molecule has 11 heteroatoms. The van der Waals surface area contributed by atoms with Gasteiger partial charge in [-0.15, -0.1) is 0 Å². The molecule has 1 heterocycles. The second-order valence-corrected chi connectivity index (χ2v) is 9.53. The molecule has 0 unspecified atom stereocenters. The smallest absolute Gasteiger partial charge is 0.336 e. The molecule has 0 saturated carbocycles. The van der Waals surface area contributed by atoms with E-state index in [1.165, 1.54) is 30.3 Å². The van der Waals surface area contributed by atoms with Gasteiger partial charge in [0.1, 0.15) is 17.1 Å². The lowest BCUT2D eigenvalue weighted by Crippen LogP contribution is -2.00. The normalized spacial score (nSPS) is 12.1. The SMILES string of the molecule is O=c1ccc2ccc(Oc3ccc(S(=O)(=O)O)cc3-c3ccc(S(=O)(=O)O)cc3)cc2o1. The van der Waals surface area contributed by atoms with E-state index in [0.29, 0.717) is 10.9 Å². The van der Waals surface area contributed by atoms with E-state index in [-0.39, 0.29) is 27.5 Å². The Bertz CT molecular complexity index is 1600. The second-order valence-electron chi connectivity index (χ2n) is 6.69. The molecule has 0 aliphatic carbocycles. The average Bonchev–Trinajstić information content (AvgIpc) is 2.72. The highest BCUT2D eigenvalue weighted by atomic mass is 32.2. The Morgan fingerprint density at radius 2 is 1.34 bits per heavy atom. The number of fused-ring (bicyclic) bond motifs is 1. The van der Waals surface area contributed by atoms with E-state index in [2.05, 4.69) is 0 Å². The predicted octanol–water partition coefficient (Wildman–Crippen LogP) is 3.75. The monoisotopic (exact) mass is 474 g/mol. The first-order valence-corrected chi connectivity index (χ1v) is 11.8. The largest absolute Gasteiger partial charge is 0.457 e. The summed E-state index contributed by atoms with van der Waals surface area (Å²) in [4.78, 5) is 10.7. The zero-order valence-electron chi connectivity index (χ0n) is 16.0. The maximum absolute atomic E-state index is 11.6. The first-order chi connectivity index (χ1) is 15.0. The van der Waals surface area contributed by atoms with Crippen molar-refractivity contribution in [1.82, 2.24) is 0 Å². The molecule has 32 heavy (non-hydrogen) atoms. The van der Waals surface area contributed by atoms with Crippen LogP contribution in [-0.4, -0.2) is 25.9 Å². The summed E-state index contributed by atoms with van der Waals surface area (Å²) in [7, 11) is -8.95. The van der Waals surface area contributed by atoms with Crippen molar-refractivity contribution in [3.05, 3.63) is 83.2 Å². The van der Waals surface area contributed by atoms with Gasteiger partial charge in [0.05, 0.1) is 9.79 Å². The molecule has 0 radical (unpaired) electrons. The molecule has 0 aliphatic heterocycles. The number of benzene rings is 3. The van der Waals surface area contributed by atoms with Crippen molar-refractivity contribution in [2.24, 2.45) is 0 Å². The summed E-state index contributed by atoms with van der Waals surface area (Å²) >= 11 is 0. The fourth-order valence-corrected chi connectivity index (χ4v) is 4.01. The van der Waals surface area contributed by atoms with Gasteiger partial charge in [-0.25, -0.2) is 4.79 Å². The molecule has 0 amide bonds. The highest BCUT2D eigenvalue weighted by Crippen LogP contribution is 2.36. The zero-order chi connectivity index (χ0) is 23.1. The molecular weight excluding hydrogens is 460 g/mol. The number of ether oxygens (including phenoxy) is 1. The predicted molar refractivity (Wildman–Crippen MR) is 114 cm³/mol. The molecule has 0 fully saturated rings. The molecule has 1 aromatic heterocycles. The summed E-state index contributed by atoms with van der Waals surface area (Å²) in [6, 6.07) is 16.2. The van der Waals surface area contributed by atoms with E-state index < -0.39 is 30.8 Å². The second kappa shape index (κ2) is 7.88. The van der Waals surface area contributed by atoms with Crippen LogP contribution in [0.5, 0.6) is 11.5 Å². The molecule has 164 valence electrons. The topological polar surface area (TPSA) is 148 Å². The van der Waals surface area contributed by atoms with E-state index in [4.69, 9.17) is 13.7 Å². The minimum Gasteiger partial charge on any atom is -0.457 e. The van der Waals surface area contributed by atoms with Crippen LogP contribution in [0.4, 0.5) is 0 Å². The Labute approximate surface area is 182 Å². The van der Waals surface area contributed by atoms with Gasteiger partial charge in [-0.2, -0.15) is 16.8 Å². The van der Waals surface area contributed by atoms with Crippen LogP contribution in [0.1, 0.15) is 0 Å². The Morgan fingerprint density at radius 1 is 0.719 bits per heavy atom. The molecule has 0 saturated heterocycles. The third-order valence-corrected chi connectivity index (χ3v) is 6.25. The lowest BCUT2D eigenvalue weighted by atomic mass is 10.0. The lowest BCUT2D eigenvalue weighted by Gasteiger charge is -2.13. The third-order valence-electron chi connectivity index (χ3n) is 4.53. The van der Waals surface area contributed by atoms with Crippen molar-refractivity contribution in [2.75, 3.05) is 0 Å². The van der Waals surface area contributed by atoms with Crippen LogP contribution >= 0.6 is 0 Å². The van der Waals surface area contributed by atoms with E-state index in [1.54, 1.807) is 18.2 Å². The third kappa shape index (κ3) is 4.55. The van der Waals surface area contributed by atoms with Crippen molar-refractivity contribution >= 4 is 31.2 Å². The summed E-state index contributed by atoms with van der Waals surface area (Å²) in [5.74, 6) is 0.455. The maximum Gasteiger partial charge on any atom is 0.336 e. The van der Waals surface area contributed by atoms with Gasteiger partial charge in [0.15, 0.2) is 0 Å². The molecule has 4 rings (SSSR count). The summed E-state index contributed by atoms with van der Waals surface area (Å²) in [6.45, 7) is 0. The van der Waals surface area contributed by atoms with E-state index in [9.17, 15) is 26.2 Å². The van der Waals surface area contributed by atoms with E-state index >= 15 is 0 Å². The van der Waals surface area contributed by atoms with Crippen molar-refractivity contribution in [1.29, 1.82) is 0 Å². The lowest BCUT2D eigenvalue weighted by molar-refractivity contribution is 0.477. The molecule has 0 bridgehead atoms. The van der Waals surface area contributed by atoms with Crippen LogP contribution < -0.4 is 10.4 Å². The van der Waals surface area contributed by atoms with Gasteiger partial charge < -0.3 is 9.15 Å². The molecule has 2 N–H and O–H groups in total. The van der Waals surface area contributed by atoms with Gasteiger partial charge in [-0.3, -0.25) is 9.11 Å². The van der Waals surface area contributed by atoms with Gasteiger partial charge in [0.25, 0.3) is 20.2 Å². The zero-order valence-corrected chi connectivity index (χ0v) is 17.6. The summed E-state index contributed by atoms with van der Waals surface area (Å²) in [5, 5.41) is 0.666. The fourth-order valence-electron chi connectivity index (χ4n) is 3.02. The molecule has 3 aromatic carbocycles. The molecular formula is C21H14O9S2. The Balaban J connectivity index is 1.82. The number of hydrogen-bond donors (Lipinski definition) is 2. The number of hydrogen-bond acceptors (Lipinski definition) is 7. The minimum atomic E-state index is -4.53. The van der Waals surface area contributed by atoms with Crippen LogP contribution in [0.3, 0.4) is 0 Å². The molecule has 0 atom stereocenters. The number of rotatable bonds is 5. The van der Waals surface area contributed by atoms with Crippen LogP contribution in [0.15, 0.2) is 91.8 Å². The van der Waals surface area contributed by atoms with Crippen molar-refractivity contribution < 1.29 is 35.1 Å². The van der Waals surface area contributed by atoms with Crippen LogP contribution in [0.25, 0.3) is 22.1 Å². The van der Waals surface area contributed by atoms with Crippen LogP contribution in [0, 0.1) is 0 Å². The van der Waals surface area contributed by atoms with E-state index in [0.717, 1.165) is 24.3 Å². The van der Waals surface area contributed by atoms with Gasteiger partial charge >= 0.3 is 5.63 Å². The van der Waals surface area contributed by atoms with Gasteiger partial charge in [0, 0.05) is 23.1 Å². The molecule has 0 aliphatic rings. The first kappa shape index (κ1) is 21.7. The van der Waals surface area contributed by atoms with E-state index in [1.807, 2.05) is 0 Å². The van der Waals surface area contributed by atoms with Gasteiger partial charge in [-0.05, 0) is 54.1 Å². The fraction of sp³-hybridized carbons (Fsp3) is 0. The maximum atomic E-state index is 11.6. The highest BCUT2D eigenvalue weighted by molar-refractivity contribution is 7.86. The van der Waals surface area contributed by atoms with Gasteiger partial charge in [0.2, 0.25) is 0 Å². The van der Waals surface area contributed by atoms with Crippen molar-refractivity contribution in [3.63, 3.8) is 0 Å². The molecule has 9 nitrogen and oxygen atoms in total. The highest BCUT2D eigenvalue weighted by Gasteiger charge is 2.17. The standard InChI is InChI=1S/C21H14O9S2/c22-21-10-4-14-1-5-15(11-20(14)30-21)29-19-9-8-17(32(26,27)28)12-18(19)13-2-6-16(7-3-13)31(23,24)25/h1-12H,(H,23,24,25)(H,26,27,28). The summed E-state index contributed by atoms with van der Waals surface area (Å²) in [5.41, 5.74) is 0.317. The average molecular weight is 474 g/mol. The Kier molecular flexibility index (Phi) is 5.34. The first-order valence-electron chi connectivity index (χ1n) is 8.92. The van der Waals surface area contributed by atoms with Crippen LogP contribution in [0.2, 0.25) is 0 Å². The van der Waals surface area contributed by atoms with Crippen molar-refractivity contribution in [2.45, 2.75) is 9.79 Å². The van der Waals surface area contributed by atoms with Crippen LogP contribution in [-0.2, 0) is 20.2 Å². The summed E-state index contributed by atoms with van der Waals surface area (Å²) < 4.78 is 75.4. The molecule has 4 aromatic rings. The minimum absolute atomic E-state index is 0.176. The quantitative estimate of drug-likeness (QED) is 0.326. The van der Waals surface area contributed by atoms with Crippen molar-refractivity contribution in [3.8, 4) is 22.6 Å². The Morgan fingerprint density at radius 3 is 2.00 bits per heavy atom.